The predicted octanol–water partition coefficient (Wildman–Crippen LogP) is 3.35. The summed E-state index contributed by atoms with van der Waals surface area (Å²) in [6.45, 7) is 3.51. The topological polar surface area (TPSA) is 70.0 Å². The van der Waals surface area contributed by atoms with Crippen LogP contribution in [-0.4, -0.2) is 14.0 Å². The first-order valence-corrected chi connectivity index (χ1v) is 7.94. The Balaban J connectivity index is 3.18. The molecule has 0 radical (unpaired) electrons. The fourth-order valence-corrected chi connectivity index (χ4v) is 3.38. The Morgan fingerprint density at radius 3 is 2.26 bits per heavy atom. The van der Waals surface area contributed by atoms with Gasteiger partial charge in [0, 0.05) is 0 Å². The molecule has 1 rings (SSSR count). The lowest BCUT2D eigenvalue weighted by atomic mass is 9.97. The monoisotopic (exact) mass is 320 g/mol. The van der Waals surface area contributed by atoms with E-state index in [-0.39, 0.29) is 14.9 Å². The number of sulfonamides is 1. The smallest absolute Gasteiger partial charge is 0.207 e. The molecule has 0 heterocycles. The van der Waals surface area contributed by atoms with E-state index >= 15 is 0 Å². The van der Waals surface area contributed by atoms with Crippen LogP contribution in [0.1, 0.15) is 26.7 Å². The molecule has 0 spiro atoms. The molecule has 0 saturated heterocycles. The van der Waals surface area contributed by atoms with Gasteiger partial charge >= 0.3 is 0 Å². The van der Waals surface area contributed by atoms with Crippen molar-refractivity contribution in [3.63, 3.8) is 0 Å². The number of nitrogens with one attached hydrogen (secondary N) is 1. The predicted molar refractivity (Wildman–Crippen MR) is 75.7 cm³/mol. The van der Waals surface area contributed by atoms with E-state index in [2.05, 4.69) is 4.72 Å². The zero-order chi connectivity index (χ0) is 14.7. The van der Waals surface area contributed by atoms with E-state index in [0.29, 0.717) is 12.8 Å². The van der Waals surface area contributed by atoms with E-state index in [9.17, 15) is 8.42 Å². The molecule has 4 nitrogen and oxygen atoms in total. The Kier molecular flexibility index (Phi) is 5.22. The largest absolute Gasteiger partial charge is 0.241 e. The SMILES string of the molecule is CCC(C#N)(CC)NS(=O)(=O)c1ccc(Cl)c(Cl)c1. The third-order valence-corrected chi connectivity index (χ3v) is 5.23. The average molecular weight is 321 g/mol. The summed E-state index contributed by atoms with van der Waals surface area (Å²) in [6.07, 6.45) is 0.751. The molecule has 1 N–H and O–H groups in total. The minimum Gasteiger partial charge on any atom is -0.207 e. The van der Waals surface area contributed by atoms with Gasteiger partial charge in [0.15, 0.2) is 0 Å². The number of rotatable bonds is 5. The maximum absolute atomic E-state index is 12.2. The van der Waals surface area contributed by atoms with Gasteiger partial charge in [-0.05, 0) is 31.0 Å². The Hall–Kier alpha value is -0.800. The second kappa shape index (κ2) is 6.10. The van der Waals surface area contributed by atoms with E-state index < -0.39 is 15.6 Å². The summed E-state index contributed by atoms with van der Waals surface area (Å²) >= 11 is 11.5. The third kappa shape index (κ3) is 3.61. The molecule has 0 aliphatic heterocycles. The van der Waals surface area contributed by atoms with Gasteiger partial charge < -0.3 is 0 Å². The van der Waals surface area contributed by atoms with Crippen molar-refractivity contribution in [2.45, 2.75) is 37.1 Å². The second-order valence-corrected chi connectivity index (χ2v) is 6.58. The minimum absolute atomic E-state index is 0.0107. The number of hydrogen-bond acceptors (Lipinski definition) is 3. The van der Waals surface area contributed by atoms with Gasteiger partial charge in [0.2, 0.25) is 10.0 Å². The van der Waals surface area contributed by atoms with Crippen molar-refractivity contribution in [3.8, 4) is 6.07 Å². The molecule has 19 heavy (non-hydrogen) atoms. The van der Waals surface area contributed by atoms with Crippen molar-refractivity contribution in [2.75, 3.05) is 0 Å². The van der Waals surface area contributed by atoms with Crippen LogP contribution in [0.2, 0.25) is 10.0 Å². The van der Waals surface area contributed by atoms with E-state index in [1.54, 1.807) is 13.8 Å². The molecule has 0 saturated carbocycles. The minimum atomic E-state index is -3.81. The van der Waals surface area contributed by atoms with Crippen LogP contribution in [0.3, 0.4) is 0 Å². The van der Waals surface area contributed by atoms with Gasteiger partial charge in [0.1, 0.15) is 5.54 Å². The van der Waals surface area contributed by atoms with Crippen LogP contribution in [0.5, 0.6) is 0 Å². The zero-order valence-corrected chi connectivity index (χ0v) is 12.9. The number of nitrogens with zero attached hydrogens (tertiary/aromatic N) is 1. The first-order valence-electron chi connectivity index (χ1n) is 5.70. The molecule has 1 aromatic carbocycles. The standard InChI is InChI=1S/C12H14Cl2N2O2S/c1-3-12(4-2,8-15)16-19(17,18)9-5-6-10(13)11(14)7-9/h5-7,16H,3-4H2,1-2H3. The lowest BCUT2D eigenvalue weighted by Crippen LogP contribution is -2.46. The zero-order valence-electron chi connectivity index (χ0n) is 10.6. The molecule has 0 atom stereocenters. The third-order valence-electron chi connectivity index (χ3n) is 2.95. The van der Waals surface area contributed by atoms with Gasteiger partial charge in [0.25, 0.3) is 0 Å². The molecule has 0 aliphatic rings. The molecule has 0 aliphatic carbocycles. The van der Waals surface area contributed by atoms with Crippen LogP contribution in [0, 0.1) is 11.3 Å². The molecule has 7 heteroatoms. The normalized spacial score (nSPS) is 12.2. The molecular formula is C12H14Cl2N2O2S. The van der Waals surface area contributed by atoms with Gasteiger partial charge in [-0.2, -0.15) is 9.98 Å². The Morgan fingerprint density at radius 1 is 1.26 bits per heavy atom. The maximum atomic E-state index is 12.2. The highest BCUT2D eigenvalue weighted by Gasteiger charge is 2.32. The van der Waals surface area contributed by atoms with Crippen LogP contribution in [-0.2, 0) is 10.0 Å². The van der Waals surface area contributed by atoms with Crippen molar-refractivity contribution < 1.29 is 8.42 Å². The van der Waals surface area contributed by atoms with Crippen LogP contribution >= 0.6 is 23.2 Å². The highest BCUT2D eigenvalue weighted by atomic mass is 35.5. The number of hydrogen-bond donors (Lipinski definition) is 1. The van der Waals surface area contributed by atoms with E-state index in [0.717, 1.165) is 0 Å². The molecule has 0 amide bonds. The van der Waals surface area contributed by atoms with Crippen molar-refractivity contribution in [3.05, 3.63) is 28.2 Å². The number of halogens is 2. The molecule has 104 valence electrons. The summed E-state index contributed by atoms with van der Waals surface area (Å²) in [5.74, 6) is 0. The van der Waals surface area contributed by atoms with Crippen molar-refractivity contribution in [1.29, 1.82) is 5.26 Å². The van der Waals surface area contributed by atoms with Gasteiger partial charge in [-0.1, -0.05) is 37.0 Å². The summed E-state index contributed by atoms with van der Waals surface area (Å²) < 4.78 is 26.9. The van der Waals surface area contributed by atoms with Crippen LogP contribution in [0.15, 0.2) is 23.1 Å². The van der Waals surface area contributed by atoms with Gasteiger partial charge in [-0.25, -0.2) is 8.42 Å². The van der Waals surface area contributed by atoms with Gasteiger partial charge in [-0.15, -0.1) is 0 Å². The van der Waals surface area contributed by atoms with Crippen LogP contribution in [0.4, 0.5) is 0 Å². The summed E-state index contributed by atoms with van der Waals surface area (Å²) in [5, 5.41) is 9.59. The summed E-state index contributed by atoms with van der Waals surface area (Å²) in [4.78, 5) is -0.0107. The van der Waals surface area contributed by atoms with Gasteiger partial charge in [-0.3, -0.25) is 0 Å². The van der Waals surface area contributed by atoms with Crippen molar-refractivity contribution in [1.82, 2.24) is 4.72 Å². The fourth-order valence-electron chi connectivity index (χ4n) is 1.54. The van der Waals surface area contributed by atoms with Crippen molar-refractivity contribution >= 4 is 33.2 Å². The highest BCUT2D eigenvalue weighted by molar-refractivity contribution is 7.89. The molecule has 1 aromatic rings. The summed E-state index contributed by atoms with van der Waals surface area (Å²) in [5.41, 5.74) is -1.11. The quantitative estimate of drug-likeness (QED) is 0.904. The van der Waals surface area contributed by atoms with Crippen LogP contribution in [0.25, 0.3) is 0 Å². The first kappa shape index (κ1) is 16.3. The molecule has 0 unspecified atom stereocenters. The molecule has 0 aromatic heterocycles. The average Bonchev–Trinajstić information content (AvgIpc) is 2.39. The Labute approximate surface area is 123 Å². The van der Waals surface area contributed by atoms with Crippen LogP contribution < -0.4 is 4.72 Å². The van der Waals surface area contributed by atoms with E-state index in [4.69, 9.17) is 28.5 Å². The lowest BCUT2D eigenvalue weighted by molar-refractivity contribution is 0.446. The number of benzene rings is 1. The van der Waals surface area contributed by atoms with Gasteiger partial charge in [0.05, 0.1) is 21.0 Å². The maximum Gasteiger partial charge on any atom is 0.241 e. The Morgan fingerprint density at radius 2 is 1.84 bits per heavy atom. The van der Waals surface area contributed by atoms with E-state index in [1.807, 2.05) is 6.07 Å². The lowest BCUT2D eigenvalue weighted by Gasteiger charge is -2.24. The highest BCUT2D eigenvalue weighted by Crippen LogP contribution is 2.26. The Bertz CT molecular complexity index is 605. The second-order valence-electron chi connectivity index (χ2n) is 4.08. The molecular weight excluding hydrogens is 307 g/mol. The molecule has 0 bridgehead atoms. The summed E-state index contributed by atoms with van der Waals surface area (Å²) in [6, 6.07) is 6.04. The van der Waals surface area contributed by atoms with Crippen molar-refractivity contribution in [2.24, 2.45) is 0 Å². The van der Waals surface area contributed by atoms with E-state index in [1.165, 1.54) is 18.2 Å². The molecule has 0 fully saturated rings. The number of nitriles is 1. The first-order chi connectivity index (χ1) is 8.80. The fraction of sp³-hybridized carbons (Fsp3) is 0.417. The summed E-state index contributed by atoms with van der Waals surface area (Å²) in [7, 11) is -3.81.